The van der Waals surface area contributed by atoms with Gasteiger partial charge in [-0.05, 0) is 52.4 Å². The smallest absolute Gasteiger partial charge is 0.137 e. The van der Waals surface area contributed by atoms with E-state index in [0.29, 0.717) is 24.2 Å². The van der Waals surface area contributed by atoms with E-state index in [1.165, 1.54) is 18.9 Å². The lowest BCUT2D eigenvalue weighted by Crippen LogP contribution is -2.30. The van der Waals surface area contributed by atoms with Gasteiger partial charge in [0.15, 0.2) is 0 Å². The Morgan fingerprint density at radius 3 is 2.95 bits per heavy atom. The van der Waals surface area contributed by atoms with Crippen LogP contribution in [-0.2, 0) is 11.3 Å². The first-order valence-electron chi connectivity index (χ1n) is 6.55. The van der Waals surface area contributed by atoms with Gasteiger partial charge in [-0.1, -0.05) is 6.07 Å². The number of nitrogens with one attached hydrogen (secondary N) is 1. The molecule has 19 heavy (non-hydrogen) atoms. The summed E-state index contributed by atoms with van der Waals surface area (Å²) in [6.45, 7) is 2.21. The van der Waals surface area contributed by atoms with Gasteiger partial charge in [0.05, 0.1) is 17.2 Å². The van der Waals surface area contributed by atoms with E-state index in [0.717, 1.165) is 18.1 Å². The van der Waals surface area contributed by atoms with Crippen molar-refractivity contribution in [3.8, 4) is 0 Å². The second kappa shape index (κ2) is 7.33. The van der Waals surface area contributed by atoms with Gasteiger partial charge in [-0.2, -0.15) is 0 Å². The van der Waals surface area contributed by atoms with Crippen LogP contribution in [-0.4, -0.2) is 31.0 Å². The standard InChI is InChI=1S/C14H19BrFNO2/c15-13-5-11(3-4-14(13)16)6-17-7-12(18)9-19-8-10-1-2-10/h3-5,10,12,17-18H,1-2,6-9H2. The summed E-state index contributed by atoms with van der Waals surface area (Å²) in [5, 5.41) is 12.8. The van der Waals surface area contributed by atoms with Crippen LogP contribution >= 0.6 is 15.9 Å². The third kappa shape index (κ3) is 5.57. The van der Waals surface area contributed by atoms with Crippen LogP contribution in [0.4, 0.5) is 4.39 Å². The summed E-state index contributed by atoms with van der Waals surface area (Å²) in [4.78, 5) is 0. The molecule has 1 fully saturated rings. The third-order valence-electron chi connectivity index (χ3n) is 3.05. The summed E-state index contributed by atoms with van der Waals surface area (Å²) < 4.78 is 18.9. The summed E-state index contributed by atoms with van der Waals surface area (Å²) in [6, 6.07) is 4.89. The molecule has 1 saturated carbocycles. The number of aliphatic hydroxyl groups excluding tert-OH is 1. The average molecular weight is 332 g/mol. The van der Waals surface area contributed by atoms with Gasteiger partial charge < -0.3 is 15.2 Å². The summed E-state index contributed by atoms with van der Waals surface area (Å²) in [7, 11) is 0. The molecule has 0 spiro atoms. The number of halogens is 2. The van der Waals surface area contributed by atoms with Gasteiger partial charge >= 0.3 is 0 Å². The number of benzene rings is 1. The van der Waals surface area contributed by atoms with Crippen LogP contribution in [0.1, 0.15) is 18.4 Å². The van der Waals surface area contributed by atoms with Crippen molar-refractivity contribution in [1.82, 2.24) is 5.32 Å². The number of hydrogen-bond acceptors (Lipinski definition) is 3. The molecule has 1 atom stereocenters. The van der Waals surface area contributed by atoms with Gasteiger partial charge in [-0.3, -0.25) is 0 Å². The van der Waals surface area contributed by atoms with Crippen LogP contribution in [0.2, 0.25) is 0 Å². The SMILES string of the molecule is OC(CNCc1ccc(F)c(Br)c1)COCC1CC1. The topological polar surface area (TPSA) is 41.5 Å². The Kier molecular flexibility index (Phi) is 5.76. The van der Waals surface area contributed by atoms with E-state index in [2.05, 4.69) is 21.2 Å². The van der Waals surface area contributed by atoms with Crippen LogP contribution in [0.15, 0.2) is 22.7 Å². The first-order chi connectivity index (χ1) is 9.15. The molecule has 1 unspecified atom stereocenters. The molecule has 1 aliphatic rings. The Labute approximate surface area is 121 Å². The molecule has 0 amide bonds. The molecule has 2 N–H and O–H groups in total. The first kappa shape index (κ1) is 14.9. The van der Waals surface area contributed by atoms with Gasteiger partial charge in [-0.25, -0.2) is 4.39 Å². The zero-order valence-corrected chi connectivity index (χ0v) is 12.3. The Hall–Kier alpha value is -0.490. The highest BCUT2D eigenvalue weighted by Crippen LogP contribution is 2.28. The highest BCUT2D eigenvalue weighted by molar-refractivity contribution is 9.10. The molecule has 106 valence electrons. The van der Waals surface area contributed by atoms with E-state index in [9.17, 15) is 9.50 Å². The highest BCUT2D eigenvalue weighted by Gasteiger charge is 2.21. The van der Waals surface area contributed by atoms with Crippen LogP contribution in [0, 0.1) is 11.7 Å². The van der Waals surface area contributed by atoms with E-state index in [1.54, 1.807) is 12.1 Å². The minimum absolute atomic E-state index is 0.266. The molecular formula is C14H19BrFNO2. The van der Waals surface area contributed by atoms with Crippen molar-refractivity contribution in [1.29, 1.82) is 0 Å². The predicted molar refractivity (Wildman–Crippen MR) is 75.4 cm³/mol. The molecule has 0 radical (unpaired) electrons. The van der Waals surface area contributed by atoms with Gasteiger partial charge in [0.2, 0.25) is 0 Å². The molecule has 2 rings (SSSR count). The molecule has 1 aromatic rings. The van der Waals surface area contributed by atoms with Crippen molar-refractivity contribution in [2.24, 2.45) is 5.92 Å². The number of hydrogen-bond donors (Lipinski definition) is 2. The number of aliphatic hydroxyl groups is 1. The minimum atomic E-state index is -0.498. The second-order valence-corrected chi connectivity index (χ2v) is 5.87. The lowest BCUT2D eigenvalue weighted by Gasteiger charge is -2.12. The van der Waals surface area contributed by atoms with Crippen molar-refractivity contribution in [2.45, 2.75) is 25.5 Å². The molecule has 0 aliphatic heterocycles. The highest BCUT2D eigenvalue weighted by atomic mass is 79.9. The Morgan fingerprint density at radius 2 is 2.26 bits per heavy atom. The van der Waals surface area contributed by atoms with E-state index in [-0.39, 0.29) is 5.82 Å². The number of rotatable bonds is 8. The maximum Gasteiger partial charge on any atom is 0.137 e. The predicted octanol–water partition coefficient (Wildman–Crippen LogP) is 2.47. The van der Waals surface area contributed by atoms with Crippen molar-refractivity contribution in [3.63, 3.8) is 0 Å². The third-order valence-corrected chi connectivity index (χ3v) is 3.66. The molecule has 0 aromatic heterocycles. The van der Waals surface area contributed by atoms with E-state index >= 15 is 0 Å². The molecular weight excluding hydrogens is 313 g/mol. The zero-order chi connectivity index (χ0) is 13.7. The Balaban J connectivity index is 1.60. The van der Waals surface area contributed by atoms with E-state index in [1.807, 2.05) is 0 Å². The fourth-order valence-corrected chi connectivity index (χ4v) is 2.17. The van der Waals surface area contributed by atoms with E-state index < -0.39 is 6.10 Å². The van der Waals surface area contributed by atoms with Gasteiger partial charge in [-0.15, -0.1) is 0 Å². The monoisotopic (exact) mass is 331 g/mol. The fraction of sp³-hybridized carbons (Fsp3) is 0.571. The quantitative estimate of drug-likeness (QED) is 0.768. The summed E-state index contributed by atoms with van der Waals surface area (Å²) in [5.74, 6) is 0.453. The lowest BCUT2D eigenvalue weighted by molar-refractivity contribution is 0.0324. The minimum Gasteiger partial charge on any atom is -0.389 e. The van der Waals surface area contributed by atoms with Crippen LogP contribution in [0.25, 0.3) is 0 Å². The first-order valence-corrected chi connectivity index (χ1v) is 7.35. The Morgan fingerprint density at radius 1 is 1.47 bits per heavy atom. The zero-order valence-electron chi connectivity index (χ0n) is 10.7. The molecule has 3 nitrogen and oxygen atoms in total. The summed E-state index contributed by atoms with van der Waals surface area (Å²) >= 11 is 3.15. The number of ether oxygens (including phenoxy) is 1. The van der Waals surface area contributed by atoms with Crippen molar-refractivity contribution < 1.29 is 14.2 Å². The maximum atomic E-state index is 13.0. The fourth-order valence-electron chi connectivity index (χ4n) is 1.75. The van der Waals surface area contributed by atoms with Crippen molar-refractivity contribution >= 4 is 15.9 Å². The average Bonchev–Trinajstić information content (AvgIpc) is 3.18. The molecule has 1 aliphatic carbocycles. The summed E-state index contributed by atoms with van der Waals surface area (Å²) in [5.41, 5.74) is 0.972. The summed E-state index contributed by atoms with van der Waals surface area (Å²) in [6.07, 6.45) is 2.02. The van der Waals surface area contributed by atoms with Gasteiger partial charge in [0.1, 0.15) is 5.82 Å². The Bertz CT molecular complexity index is 412. The lowest BCUT2D eigenvalue weighted by atomic mass is 10.2. The van der Waals surface area contributed by atoms with Crippen molar-refractivity contribution in [2.75, 3.05) is 19.8 Å². The molecule has 0 bridgehead atoms. The van der Waals surface area contributed by atoms with Crippen molar-refractivity contribution in [3.05, 3.63) is 34.1 Å². The normalized spacial score (nSPS) is 16.6. The molecule has 0 saturated heterocycles. The maximum absolute atomic E-state index is 13.0. The molecule has 5 heteroatoms. The molecule has 0 heterocycles. The largest absolute Gasteiger partial charge is 0.389 e. The van der Waals surface area contributed by atoms with Crippen LogP contribution < -0.4 is 5.32 Å². The molecule has 1 aromatic carbocycles. The van der Waals surface area contributed by atoms with Crippen LogP contribution in [0.3, 0.4) is 0 Å². The second-order valence-electron chi connectivity index (χ2n) is 5.01. The van der Waals surface area contributed by atoms with E-state index in [4.69, 9.17) is 4.74 Å². The van der Waals surface area contributed by atoms with Crippen LogP contribution in [0.5, 0.6) is 0 Å². The van der Waals surface area contributed by atoms with Gasteiger partial charge in [0.25, 0.3) is 0 Å². The van der Waals surface area contributed by atoms with Gasteiger partial charge in [0, 0.05) is 19.7 Å².